The van der Waals surface area contributed by atoms with E-state index in [-0.39, 0.29) is 16.4 Å². The highest BCUT2D eigenvalue weighted by Gasteiger charge is 2.14. The highest BCUT2D eigenvalue weighted by molar-refractivity contribution is 7.89. The molecule has 3 rings (SSSR count). The minimum Gasteiger partial charge on any atom is -0.489 e. The van der Waals surface area contributed by atoms with Gasteiger partial charge in [0.05, 0.1) is 4.90 Å². The topological polar surface area (TPSA) is 98.5 Å². The molecule has 0 saturated heterocycles. The summed E-state index contributed by atoms with van der Waals surface area (Å²) in [6.45, 7) is 2.51. The minimum absolute atomic E-state index is 0.0870. The maximum atomic E-state index is 12.5. The molecular weight excluding hydrogens is 388 g/mol. The Labute approximate surface area is 170 Å². The monoisotopic (exact) mass is 410 g/mol. The molecule has 0 bridgehead atoms. The maximum absolute atomic E-state index is 12.5. The van der Waals surface area contributed by atoms with Crippen LogP contribution in [0.15, 0.2) is 77.7 Å². The van der Waals surface area contributed by atoms with Crippen LogP contribution in [0.25, 0.3) is 0 Å². The summed E-state index contributed by atoms with van der Waals surface area (Å²) in [5.41, 5.74) is 2.88. The molecule has 0 aliphatic carbocycles. The first-order chi connectivity index (χ1) is 13.8. The number of carbonyl (C=O) groups excluding carboxylic acids is 1. The van der Waals surface area contributed by atoms with Crippen LogP contribution in [-0.2, 0) is 23.2 Å². The molecule has 7 heteroatoms. The first-order valence-corrected chi connectivity index (χ1v) is 10.5. The lowest BCUT2D eigenvalue weighted by Gasteiger charge is -2.10. The zero-order chi connectivity index (χ0) is 20.9. The van der Waals surface area contributed by atoms with Crippen LogP contribution in [-0.4, -0.2) is 14.3 Å². The lowest BCUT2D eigenvalue weighted by Crippen LogP contribution is -2.24. The van der Waals surface area contributed by atoms with Crippen molar-refractivity contribution >= 4 is 15.9 Å². The SMILES string of the molecule is Cc1ccc(S(N)(=O)=O)cc1C(=O)NCc1ccc(COc2ccccc2)cc1. The molecule has 3 aromatic carbocycles. The molecule has 0 heterocycles. The number of ether oxygens (including phenoxy) is 1. The van der Waals surface area contributed by atoms with Crippen LogP contribution >= 0.6 is 0 Å². The molecule has 0 aromatic heterocycles. The third-order valence-corrected chi connectivity index (χ3v) is 5.32. The molecule has 0 saturated carbocycles. The molecule has 0 radical (unpaired) electrons. The van der Waals surface area contributed by atoms with Gasteiger partial charge in [-0.1, -0.05) is 48.5 Å². The van der Waals surface area contributed by atoms with Gasteiger partial charge in [-0.05, 0) is 47.9 Å². The summed E-state index contributed by atoms with van der Waals surface area (Å²) < 4.78 is 28.7. The van der Waals surface area contributed by atoms with Crippen molar-refractivity contribution in [2.24, 2.45) is 5.14 Å². The Hall–Kier alpha value is -3.16. The van der Waals surface area contributed by atoms with Gasteiger partial charge in [0.25, 0.3) is 5.91 Å². The number of hydrogen-bond acceptors (Lipinski definition) is 4. The summed E-state index contributed by atoms with van der Waals surface area (Å²) in [7, 11) is -3.86. The predicted molar refractivity (Wildman–Crippen MR) is 111 cm³/mol. The number of primary sulfonamides is 1. The highest BCUT2D eigenvalue weighted by atomic mass is 32.2. The normalized spacial score (nSPS) is 11.1. The van der Waals surface area contributed by atoms with Gasteiger partial charge in [0.15, 0.2) is 0 Å². The Morgan fingerprint density at radius 2 is 1.62 bits per heavy atom. The van der Waals surface area contributed by atoms with Gasteiger partial charge in [-0.2, -0.15) is 0 Å². The number of amides is 1. The molecule has 0 fully saturated rings. The molecule has 3 aromatic rings. The first-order valence-electron chi connectivity index (χ1n) is 9.00. The van der Waals surface area contributed by atoms with Gasteiger partial charge in [-0.15, -0.1) is 0 Å². The summed E-state index contributed by atoms with van der Waals surface area (Å²) in [6.07, 6.45) is 0. The number of nitrogens with two attached hydrogens (primary N) is 1. The Bertz CT molecular complexity index is 1100. The van der Waals surface area contributed by atoms with Crippen LogP contribution in [0.3, 0.4) is 0 Å². The maximum Gasteiger partial charge on any atom is 0.251 e. The summed E-state index contributed by atoms with van der Waals surface area (Å²) >= 11 is 0. The fourth-order valence-corrected chi connectivity index (χ4v) is 3.28. The van der Waals surface area contributed by atoms with Crippen LogP contribution in [0.4, 0.5) is 0 Å². The van der Waals surface area contributed by atoms with Gasteiger partial charge in [0.2, 0.25) is 10.0 Å². The number of aryl methyl sites for hydroxylation is 1. The van der Waals surface area contributed by atoms with E-state index in [9.17, 15) is 13.2 Å². The van der Waals surface area contributed by atoms with Crippen LogP contribution < -0.4 is 15.2 Å². The van der Waals surface area contributed by atoms with Crippen molar-refractivity contribution in [2.45, 2.75) is 25.0 Å². The second kappa shape index (κ2) is 8.89. The van der Waals surface area contributed by atoms with Gasteiger partial charge in [0.1, 0.15) is 12.4 Å². The summed E-state index contributed by atoms with van der Waals surface area (Å²) in [6, 6.07) is 21.5. The molecule has 0 atom stereocenters. The van der Waals surface area contributed by atoms with E-state index < -0.39 is 10.0 Å². The van der Waals surface area contributed by atoms with Gasteiger partial charge < -0.3 is 10.1 Å². The number of benzene rings is 3. The van der Waals surface area contributed by atoms with Crippen LogP contribution in [0, 0.1) is 6.92 Å². The molecule has 3 N–H and O–H groups in total. The lowest BCUT2D eigenvalue weighted by atomic mass is 10.1. The average molecular weight is 410 g/mol. The Morgan fingerprint density at radius 1 is 0.966 bits per heavy atom. The third-order valence-electron chi connectivity index (χ3n) is 4.41. The largest absolute Gasteiger partial charge is 0.489 e. The molecule has 0 unspecified atom stereocenters. The fraction of sp³-hybridized carbons (Fsp3) is 0.136. The second-order valence-electron chi connectivity index (χ2n) is 6.62. The molecule has 0 aliphatic heterocycles. The standard InChI is InChI=1S/C22H22N2O4S/c1-16-7-12-20(29(23,26)27)13-21(16)22(25)24-14-17-8-10-18(11-9-17)15-28-19-5-3-2-4-6-19/h2-13H,14-15H2,1H3,(H,24,25)(H2,23,26,27). The van der Waals surface area contributed by atoms with E-state index in [1.165, 1.54) is 12.1 Å². The number of nitrogens with one attached hydrogen (secondary N) is 1. The van der Waals surface area contributed by atoms with E-state index in [1.807, 2.05) is 54.6 Å². The lowest BCUT2D eigenvalue weighted by molar-refractivity contribution is 0.0950. The van der Waals surface area contributed by atoms with Crippen molar-refractivity contribution in [3.8, 4) is 5.75 Å². The highest BCUT2D eigenvalue weighted by Crippen LogP contribution is 2.15. The van der Waals surface area contributed by atoms with Crippen LogP contribution in [0.1, 0.15) is 27.0 Å². The summed E-state index contributed by atoms with van der Waals surface area (Å²) in [5.74, 6) is 0.449. The van der Waals surface area contributed by atoms with E-state index in [0.29, 0.717) is 18.7 Å². The van der Waals surface area contributed by atoms with Gasteiger partial charge in [-0.25, -0.2) is 13.6 Å². The second-order valence-corrected chi connectivity index (χ2v) is 8.18. The van der Waals surface area contributed by atoms with E-state index in [0.717, 1.165) is 16.9 Å². The quantitative estimate of drug-likeness (QED) is 0.625. The summed E-state index contributed by atoms with van der Waals surface area (Å²) in [5, 5.41) is 7.95. The van der Waals surface area contributed by atoms with Crippen molar-refractivity contribution in [2.75, 3.05) is 0 Å². The van der Waals surface area contributed by atoms with Crippen molar-refractivity contribution in [1.29, 1.82) is 0 Å². The van der Waals surface area contributed by atoms with Gasteiger partial charge in [-0.3, -0.25) is 4.79 Å². The fourth-order valence-electron chi connectivity index (χ4n) is 2.74. The Kier molecular flexibility index (Phi) is 6.31. The number of carbonyl (C=O) groups is 1. The van der Waals surface area contributed by atoms with E-state index >= 15 is 0 Å². The molecular formula is C22H22N2O4S. The molecule has 0 spiro atoms. The van der Waals surface area contributed by atoms with Crippen molar-refractivity contribution in [3.05, 3.63) is 95.1 Å². The molecule has 6 nitrogen and oxygen atoms in total. The van der Waals surface area contributed by atoms with Crippen molar-refractivity contribution in [1.82, 2.24) is 5.32 Å². The Balaban J connectivity index is 1.59. The third kappa shape index (κ3) is 5.66. The first kappa shape index (κ1) is 20.6. The molecule has 1 amide bonds. The number of sulfonamides is 1. The molecule has 150 valence electrons. The zero-order valence-corrected chi connectivity index (χ0v) is 16.8. The zero-order valence-electron chi connectivity index (χ0n) is 16.0. The number of rotatable bonds is 7. The molecule has 0 aliphatic rings. The smallest absolute Gasteiger partial charge is 0.251 e. The van der Waals surface area contributed by atoms with Crippen molar-refractivity contribution in [3.63, 3.8) is 0 Å². The van der Waals surface area contributed by atoms with Gasteiger partial charge >= 0.3 is 0 Å². The number of hydrogen-bond donors (Lipinski definition) is 2. The van der Waals surface area contributed by atoms with Crippen molar-refractivity contribution < 1.29 is 17.9 Å². The molecule has 29 heavy (non-hydrogen) atoms. The number of para-hydroxylation sites is 1. The predicted octanol–water partition coefficient (Wildman–Crippen LogP) is 3.15. The van der Waals surface area contributed by atoms with Crippen LogP contribution in [0.5, 0.6) is 5.75 Å². The van der Waals surface area contributed by atoms with E-state index in [2.05, 4.69) is 5.32 Å². The van der Waals surface area contributed by atoms with Gasteiger partial charge in [0, 0.05) is 12.1 Å². The van der Waals surface area contributed by atoms with E-state index in [1.54, 1.807) is 13.0 Å². The van der Waals surface area contributed by atoms with Crippen LogP contribution in [0.2, 0.25) is 0 Å². The average Bonchev–Trinajstić information content (AvgIpc) is 2.71. The Morgan fingerprint density at radius 3 is 2.28 bits per heavy atom. The summed E-state index contributed by atoms with van der Waals surface area (Å²) in [4.78, 5) is 12.4. The van der Waals surface area contributed by atoms with E-state index in [4.69, 9.17) is 9.88 Å². The minimum atomic E-state index is -3.86.